The Balaban J connectivity index is 1.56. The summed E-state index contributed by atoms with van der Waals surface area (Å²) in [6.07, 6.45) is -14.4. The van der Waals surface area contributed by atoms with Gasteiger partial charge < -0.3 is 53.8 Å². The first kappa shape index (κ1) is 44.0. The summed E-state index contributed by atoms with van der Waals surface area (Å²) in [6, 6.07) is 6.52. The van der Waals surface area contributed by atoms with Crippen LogP contribution in [0.3, 0.4) is 0 Å². The number of aliphatic hydroxyl groups excluding tert-OH is 3. The second-order valence-electron chi connectivity index (χ2n) is 18.4. The van der Waals surface area contributed by atoms with E-state index in [1.54, 1.807) is 52.8 Å². The zero-order chi connectivity index (χ0) is 43.8. The third kappa shape index (κ3) is 7.06. The highest BCUT2D eigenvalue weighted by molar-refractivity contribution is 5.94. The van der Waals surface area contributed by atoms with Crippen molar-refractivity contribution in [2.75, 3.05) is 6.61 Å². The van der Waals surface area contributed by atoms with E-state index in [9.17, 15) is 39.3 Å². The van der Waals surface area contributed by atoms with E-state index in [-0.39, 0.29) is 42.1 Å². The standard InChI is InChI=1S/C42H55NO16/c1-19(2)16-23(43-36(51)58-38(5,6)7)27(46)35(50)54-29-20(3)26-28(47)31(48)40(10)24(45)17-25-41(18-53-25,57-21(4)44)30(40)33(55-34(49)22-14-12-11-13-15-22)42(39(26,8)9)32(29)56-37(52)59-42/h11-15,19,23-25,27-30,32-33,45-47H,16-18H2,1-10H3,(H,43,51)/t23-,24-,25+,27+,28+,29+,30?,32-,33-,40+,41-,42+/m0/s1. The van der Waals surface area contributed by atoms with E-state index in [1.165, 1.54) is 39.8 Å². The van der Waals surface area contributed by atoms with Crippen molar-refractivity contribution in [3.8, 4) is 0 Å². The van der Waals surface area contributed by atoms with Gasteiger partial charge in [-0.3, -0.25) is 9.59 Å². The van der Waals surface area contributed by atoms with Crippen molar-refractivity contribution in [1.29, 1.82) is 0 Å². The van der Waals surface area contributed by atoms with Crippen LogP contribution in [-0.2, 0) is 47.5 Å². The predicted molar refractivity (Wildman–Crippen MR) is 202 cm³/mol. The summed E-state index contributed by atoms with van der Waals surface area (Å²) >= 11 is 0. The van der Waals surface area contributed by atoms with Crippen LogP contribution in [0.1, 0.15) is 92.4 Å². The van der Waals surface area contributed by atoms with Gasteiger partial charge in [0.2, 0.25) is 5.60 Å². The third-order valence-corrected chi connectivity index (χ3v) is 12.7. The molecule has 1 unspecified atom stereocenters. The molecule has 2 aliphatic heterocycles. The van der Waals surface area contributed by atoms with Gasteiger partial charge in [0.05, 0.1) is 35.6 Å². The van der Waals surface area contributed by atoms with Crippen LogP contribution in [0.15, 0.2) is 41.5 Å². The third-order valence-electron chi connectivity index (χ3n) is 12.7. The second kappa shape index (κ2) is 15.2. The van der Waals surface area contributed by atoms with Gasteiger partial charge in [-0.1, -0.05) is 45.9 Å². The fourth-order valence-electron chi connectivity index (χ4n) is 10.1. The zero-order valence-corrected chi connectivity index (χ0v) is 34.9. The maximum Gasteiger partial charge on any atom is 0.509 e. The first-order valence-corrected chi connectivity index (χ1v) is 19.8. The number of ether oxygens (including phenoxy) is 7. The Morgan fingerprint density at radius 2 is 1.66 bits per heavy atom. The quantitative estimate of drug-likeness (QED) is 0.159. The lowest BCUT2D eigenvalue weighted by Gasteiger charge is -2.67. The summed E-state index contributed by atoms with van der Waals surface area (Å²) in [5.74, 6) is -5.75. The number of nitrogens with one attached hydrogen (secondary N) is 1. The van der Waals surface area contributed by atoms with Crippen LogP contribution in [-0.4, -0.2) is 123 Å². The molecule has 2 bridgehead atoms. The van der Waals surface area contributed by atoms with Gasteiger partial charge in [0, 0.05) is 18.8 Å². The van der Waals surface area contributed by atoms with Crippen LogP contribution < -0.4 is 5.32 Å². The Kier molecular flexibility index (Phi) is 11.3. The number of Topliss-reactive ketones (excluding diaryl/α,β-unsaturated/α-hetero) is 1. The molecule has 4 N–H and O–H groups in total. The summed E-state index contributed by atoms with van der Waals surface area (Å²) in [5, 5.41) is 38.3. The Hall–Kier alpha value is -4.58. The van der Waals surface area contributed by atoms with Crippen LogP contribution in [0.2, 0.25) is 0 Å². The van der Waals surface area contributed by atoms with E-state index in [0.717, 1.165) is 6.92 Å². The number of hydrogen-bond acceptors (Lipinski definition) is 16. The number of carbonyl (C=O) groups is 6. The van der Waals surface area contributed by atoms with E-state index < -0.39 is 118 Å². The predicted octanol–water partition coefficient (Wildman–Crippen LogP) is 3.09. The molecule has 2 heterocycles. The van der Waals surface area contributed by atoms with E-state index in [0.29, 0.717) is 0 Å². The minimum atomic E-state index is -2.32. The lowest BCUT2D eigenvalue weighted by Crippen LogP contribution is -2.83. The number of ketones is 1. The van der Waals surface area contributed by atoms with Gasteiger partial charge in [-0.2, -0.15) is 0 Å². The molecule has 1 amide bonds. The Morgan fingerprint density at radius 3 is 2.22 bits per heavy atom. The summed E-state index contributed by atoms with van der Waals surface area (Å²) in [7, 11) is 0. The average molecular weight is 830 g/mol. The van der Waals surface area contributed by atoms with Crippen molar-refractivity contribution >= 4 is 35.9 Å². The minimum absolute atomic E-state index is 0.0378. The first-order chi connectivity index (χ1) is 27.3. The maximum absolute atomic E-state index is 15.1. The van der Waals surface area contributed by atoms with Crippen molar-refractivity contribution in [2.45, 2.75) is 148 Å². The SMILES string of the molecule is CC(=O)O[C@@]12CO[C@@H]1C[C@H](O)[C@@]1(C)C(=O)[C@H](O)C3=C(C)[C@@H](OC(=O)[C@H](O)[C@H](CC(C)C)NC(=O)OC(C)(C)C)[C@@H]4OC(=O)O[C@]4([C@@H](OC(=O)c4ccccc4)C12)C3(C)C. The Bertz CT molecular complexity index is 1920. The number of carbonyl (C=O) groups excluding carboxylic acids is 6. The molecular formula is C42H55NO16. The van der Waals surface area contributed by atoms with Crippen molar-refractivity contribution in [2.24, 2.45) is 22.7 Å². The summed E-state index contributed by atoms with van der Waals surface area (Å²) in [5.41, 5.74) is -8.84. The highest BCUT2D eigenvalue weighted by Crippen LogP contribution is 2.66. The molecule has 17 heteroatoms. The van der Waals surface area contributed by atoms with Crippen LogP contribution >= 0.6 is 0 Å². The molecule has 17 nitrogen and oxygen atoms in total. The van der Waals surface area contributed by atoms with E-state index in [1.807, 2.05) is 0 Å². The Labute approximate surface area is 342 Å². The monoisotopic (exact) mass is 829 g/mol. The highest BCUT2D eigenvalue weighted by Gasteiger charge is 2.83. The van der Waals surface area contributed by atoms with Gasteiger partial charge in [0.1, 0.15) is 17.8 Å². The number of hydrogen-bond donors (Lipinski definition) is 4. The number of benzene rings is 1. The molecule has 2 saturated heterocycles. The lowest BCUT2D eigenvalue weighted by molar-refractivity contribution is -0.345. The van der Waals surface area contributed by atoms with E-state index >= 15 is 4.79 Å². The van der Waals surface area contributed by atoms with Gasteiger partial charge in [-0.05, 0) is 70.2 Å². The molecule has 5 aliphatic rings. The van der Waals surface area contributed by atoms with Gasteiger partial charge in [0.25, 0.3) is 0 Å². The first-order valence-electron chi connectivity index (χ1n) is 19.8. The maximum atomic E-state index is 15.1. The molecule has 3 aliphatic carbocycles. The van der Waals surface area contributed by atoms with Gasteiger partial charge in [-0.15, -0.1) is 0 Å². The molecule has 6 rings (SSSR count). The molecular weight excluding hydrogens is 774 g/mol. The number of aliphatic hydroxyl groups is 3. The average Bonchev–Trinajstić information content (AvgIpc) is 3.49. The number of esters is 3. The number of fused-ring (bicyclic) bond motifs is 4. The normalized spacial score (nSPS) is 35.5. The lowest BCUT2D eigenvalue weighted by atomic mass is 9.44. The molecule has 12 atom stereocenters. The number of amides is 1. The fourth-order valence-corrected chi connectivity index (χ4v) is 10.1. The topological polar surface area (TPSA) is 240 Å². The number of alkyl carbamates (subject to hydrolysis) is 1. The molecule has 1 spiro atoms. The molecule has 59 heavy (non-hydrogen) atoms. The van der Waals surface area contributed by atoms with Crippen molar-refractivity contribution in [3.05, 3.63) is 47.0 Å². The highest BCUT2D eigenvalue weighted by atomic mass is 16.8. The van der Waals surface area contributed by atoms with Crippen LogP contribution in [0, 0.1) is 22.7 Å². The van der Waals surface area contributed by atoms with Gasteiger partial charge in [-0.25, -0.2) is 19.2 Å². The van der Waals surface area contributed by atoms with E-state index in [4.69, 9.17) is 33.2 Å². The molecule has 2 saturated carbocycles. The molecule has 324 valence electrons. The number of rotatable bonds is 9. The molecule has 0 aromatic heterocycles. The smallest absolute Gasteiger partial charge is 0.454 e. The summed E-state index contributed by atoms with van der Waals surface area (Å²) < 4.78 is 41.9. The van der Waals surface area contributed by atoms with Crippen molar-refractivity contribution in [1.82, 2.24) is 5.32 Å². The van der Waals surface area contributed by atoms with Crippen molar-refractivity contribution in [3.63, 3.8) is 0 Å². The van der Waals surface area contributed by atoms with Crippen LogP contribution in [0.4, 0.5) is 9.59 Å². The summed E-state index contributed by atoms with van der Waals surface area (Å²) in [4.78, 5) is 83.1. The molecule has 1 aromatic carbocycles. The fraction of sp³-hybridized carbons (Fsp3) is 0.667. The molecule has 1 aromatic rings. The van der Waals surface area contributed by atoms with Crippen LogP contribution in [0.5, 0.6) is 0 Å². The minimum Gasteiger partial charge on any atom is -0.454 e. The zero-order valence-electron chi connectivity index (χ0n) is 34.9. The van der Waals surface area contributed by atoms with Gasteiger partial charge in [0.15, 0.2) is 35.8 Å². The summed E-state index contributed by atoms with van der Waals surface area (Å²) in [6.45, 7) is 15.2. The largest absolute Gasteiger partial charge is 0.509 e. The Morgan fingerprint density at radius 1 is 1.02 bits per heavy atom. The molecule has 0 radical (unpaired) electrons. The van der Waals surface area contributed by atoms with Crippen molar-refractivity contribution < 1.29 is 77.2 Å². The molecule has 4 fully saturated rings. The van der Waals surface area contributed by atoms with Gasteiger partial charge >= 0.3 is 30.2 Å². The van der Waals surface area contributed by atoms with E-state index in [2.05, 4.69) is 5.32 Å². The second-order valence-corrected chi connectivity index (χ2v) is 18.4. The van der Waals surface area contributed by atoms with Crippen LogP contribution in [0.25, 0.3) is 0 Å².